The molecule has 90 valence electrons. The maximum absolute atomic E-state index is 11.3. The Morgan fingerprint density at radius 3 is 2.94 bits per heavy atom. The summed E-state index contributed by atoms with van der Waals surface area (Å²) in [7, 11) is 1.39. The van der Waals surface area contributed by atoms with Crippen molar-refractivity contribution in [3.05, 3.63) is 28.9 Å². The molecule has 0 unspecified atom stereocenters. The van der Waals surface area contributed by atoms with E-state index >= 15 is 0 Å². The average Bonchev–Trinajstić information content (AvgIpc) is 2.65. The summed E-state index contributed by atoms with van der Waals surface area (Å²) in [5.74, 6) is -0.252. The van der Waals surface area contributed by atoms with Gasteiger partial charge < -0.3 is 9.72 Å². The number of rotatable bonds is 3. The van der Waals surface area contributed by atoms with E-state index in [1.807, 2.05) is 24.5 Å². The van der Waals surface area contributed by atoms with E-state index in [1.165, 1.54) is 7.11 Å². The molecule has 0 bridgehead atoms. The number of aromatic nitrogens is 1. The van der Waals surface area contributed by atoms with Crippen LogP contribution >= 0.6 is 23.4 Å². The molecule has 0 saturated carbocycles. The number of hydrogen-bond acceptors (Lipinski definition) is 3. The highest BCUT2D eigenvalue weighted by Gasteiger charge is 2.14. The topological polar surface area (TPSA) is 42.1 Å². The van der Waals surface area contributed by atoms with Crippen LogP contribution in [-0.4, -0.2) is 24.3 Å². The molecular weight excluding hydrogens is 258 g/mol. The van der Waals surface area contributed by atoms with Gasteiger partial charge in [-0.3, -0.25) is 4.79 Å². The van der Waals surface area contributed by atoms with Crippen LogP contribution in [0, 0.1) is 0 Å². The number of nitrogens with one attached hydrogen (secondary N) is 1. The molecule has 0 amide bonds. The Balaban J connectivity index is 2.52. The Hall–Kier alpha value is -1.13. The van der Waals surface area contributed by atoms with Crippen molar-refractivity contribution in [2.45, 2.75) is 11.3 Å². The number of thioether (sulfide) groups is 1. The van der Waals surface area contributed by atoms with Gasteiger partial charge in [-0.05, 0) is 24.5 Å². The highest BCUT2D eigenvalue weighted by Crippen LogP contribution is 2.32. The molecule has 1 aromatic carbocycles. The maximum Gasteiger partial charge on any atom is 0.311 e. The van der Waals surface area contributed by atoms with Crippen LogP contribution in [-0.2, 0) is 16.0 Å². The Morgan fingerprint density at radius 2 is 2.29 bits per heavy atom. The van der Waals surface area contributed by atoms with Crippen molar-refractivity contribution in [3.8, 4) is 0 Å². The van der Waals surface area contributed by atoms with E-state index in [9.17, 15) is 4.79 Å². The monoisotopic (exact) mass is 269 g/mol. The number of esters is 1. The van der Waals surface area contributed by atoms with Gasteiger partial charge in [0.1, 0.15) is 0 Å². The summed E-state index contributed by atoms with van der Waals surface area (Å²) in [5.41, 5.74) is 1.86. The maximum atomic E-state index is 11.3. The third-order valence-corrected chi connectivity index (χ3v) is 3.65. The van der Waals surface area contributed by atoms with Crippen LogP contribution in [0.2, 0.25) is 5.02 Å². The molecule has 5 heteroatoms. The number of aromatic amines is 1. The third-order valence-electron chi connectivity index (χ3n) is 2.54. The van der Waals surface area contributed by atoms with Crippen molar-refractivity contribution in [2.24, 2.45) is 0 Å². The second-order valence-corrected chi connectivity index (χ2v) is 4.83. The summed E-state index contributed by atoms with van der Waals surface area (Å²) >= 11 is 7.57. The van der Waals surface area contributed by atoms with Gasteiger partial charge >= 0.3 is 5.97 Å². The van der Waals surface area contributed by atoms with Gasteiger partial charge in [0.25, 0.3) is 0 Å². The highest BCUT2D eigenvalue weighted by molar-refractivity contribution is 7.98. The summed E-state index contributed by atoms with van der Waals surface area (Å²) in [4.78, 5) is 15.6. The van der Waals surface area contributed by atoms with Crippen molar-refractivity contribution < 1.29 is 9.53 Å². The summed E-state index contributed by atoms with van der Waals surface area (Å²) in [6.45, 7) is 0. The SMILES string of the molecule is COC(=O)Cc1[nH]c2ccc(Cl)cc2c1SC. The fourth-order valence-corrected chi connectivity index (χ4v) is 2.70. The lowest BCUT2D eigenvalue weighted by molar-refractivity contribution is -0.139. The van der Waals surface area contributed by atoms with Gasteiger partial charge in [0.2, 0.25) is 0 Å². The van der Waals surface area contributed by atoms with Crippen LogP contribution in [0.5, 0.6) is 0 Å². The van der Waals surface area contributed by atoms with Gasteiger partial charge in [-0.1, -0.05) is 11.6 Å². The lowest BCUT2D eigenvalue weighted by Gasteiger charge is -2.00. The number of carbonyl (C=O) groups excluding carboxylic acids is 1. The second kappa shape index (κ2) is 5.02. The third kappa shape index (κ3) is 2.42. The van der Waals surface area contributed by atoms with Gasteiger partial charge in [-0.15, -0.1) is 11.8 Å². The molecular formula is C12H12ClNO2S. The lowest BCUT2D eigenvalue weighted by Crippen LogP contribution is -2.05. The molecule has 0 spiro atoms. The first-order chi connectivity index (χ1) is 8.15. The van der Waals surface area contributed by atoms with Crippen LogP contribution in [0.25, 0.3) is 10.9 Å². The van der Waals surface area contributed by atoms with Crippen LogP contribution in [0.4, 0.5) is 0 Å². The number of carbonyl (C=O) groups is 1. The van der Waals surface area contributed by atoms with Crippen molar-refractivity contribution in [3.63, 3.8) is 0 Å². The van der Waals surface area contributed by atoms with Crippen molar-refractivity contribution in [1.82, 2.24) is 4.98 Å². The van der Waals surface area contributed by atoms with Gasteiger partial charge in [0.15, 0.2) is 0 Å². The zero-order chi connectivity index (χ0) is 12.4. The van der Waals surface area contributed by atoms with Gasteiger partial charge in [-0.25, -0.2) is 0 Å². The number of ether oxygens (including phenoxy) is 1. The molecule has 17 heavy (non-hydrogen) atoms. The Kier molecular flexibility index (Phi) is 3.64. The van der Waals surface area contributed by atoms with Crippen LogP contribution in [0.1, 0.15) is 5.69 Å². The second-order valence-electron chi connectivity index (χ2n) is 3.58. The Bertz CT molecular complexity index is 565. The van der Waals surface area contributed by atoms with Gasteiger partial charge in [0, 0.05) is 26.5 Å². The van der Waals surface area contributed by atoms with E-state index in [4.69, 9.17) is 11.6 Å². The number of hydrogen-bond donors (Lipinski definition) is 1. The summed E-state index contributed by atoms with van der Waals surface area (Å²) < 4.78 is 4.68. The van der Waals surface area contributed by atoms with Crippen molar-refractivity contribution >= 4 is 40.2 Å². The first-order valence-corrected chi connectivity index (χ1v) is 6.67. The van der Waals surface area contributed by atoms with E-state index in [-0.39, 0.29) is 12.4 Å². The number of methoxy groups -OCH3 is 1. The van der Waals surface area contributed by atoms with Crippen molar-refractivity contribution in [1.29, 1.82) is 0 Å². The molecule has 0 atom stereocenters. The molecule has 2 rings (SSSR count). The van der Waals surface area contributed by atoms with E-state index in [2.05, 4.69) is 9.72 Å². The number of halogens is 1. The number of H-pyrrole nitrogens is 1. The van der Waals surface area contributed by atoms with Crippen LogP contribution < -0.4 is 0 Å². The Labute approximate surface area is 108 Å². The molecule has 0 saturated heterocycles. The summed E-state index contributed by atoms with van der Waals surface area (Å²) in [6, 6.07) is 5.64. The molecule has 2 aromatic rings. The minimum atomic E-state index is -0.252. The van der Waals surface area contributed by atoms with E-state index in [0.717, 1.165) is 21.5 Å². The number of benzene rings is 1. The quantitative estimate of drug-likeness (QED) is 0.687. The summed E-state index contributed by atoms with van der Waals surface area (Å²) in [5, 5.41) is 1.74. The predicted octanol–water partition coefficient (Wildman–Crippen LogP) is 3.26. The standard InChI is InChI=1S/C12H12ClNO2S/c1-16-11(15)6-10-12(17-2)8-5-7(13)3-4-9(8)14-10/h3-5,14H,6H2,1-2H3. The molecule has 0 radical (unpaired) electrons. The van der Waals surface area contributed by atoms with Crippen LogP contribution in [0.15, 0.2) is 23.1 Å². The Morgan fingerprint density at radius 1 is 1.53 bits per heavy atom. The zero-order valence-electron chi connectivity index (χ0n) is 9.54. The average molecular weight is 270 g/mol. The van der Waals surface area contributed by atoms with E-state index in [1.54, 1.807) is 11.8 Å². The molecule has 0 aliphatic heterocycles. The molecule has 3 nitrogen and oxygen atoms in total. The first kappa shape index (κ1) is 12.3. The lowest BCUT2D eigenvalue weighted by atomic mass is 10.2. The van der Waals surface area contributed by atoms with Crippen LogP contribution in [0.3, 0.4) is 0 Å². The number of fused-ring (bicyclic) bond motifs is 1. The minimum Gasteiger partial charge on any atom is -0.469 e. The van der Waals surface area contributed by atoms with Gasteiger partial charge in [0.05, 0.1) is 13.5 Å². The predicted molar refractivity (Wildman–Crippen MR) is 70.8 cm³/mol. The molecule has 1 heterocycles. The molecule has 0 fully saturated rings. The highest BCUT2D eigenvalue weighted by atomic mass is 35.5. The summed E-state index contributed by atoms with van der Waals surface area (Å²) in [6.07, 6.45) is 2.23. The normalized spacial score (nSPS) is 10.8. The smallest absolute Gasteiger partial charge is 0.311 e. The first-order valence-electron chi connectivity index (χ1n) is 5.06. The van der Waals surface area contributed by atoms with E-state index < -0.39 is 0 Å². The molecule has 1 aromatic heterocycles. The van der Waals surface area contributed by atoms with Crippen molar-refractivity contribution in [2.75, 3.05) is 13.4 Å². The minimum absolute atomic E-state index is 0.249. The molecule has 0 aliphatic rings. The fraction of sp³-hybridized carbons (Fsp3) is 0.250. The fourth-order valence-electron chi connectivity index (χ4n) is 1.77. The molecule has 0 aliphatic carbocycles. The van der Waals surface area contributed by atoms with E-state index in [0.29, 0.717) is 5.02 Å². The molecule has 1 N–H and O–H groups in total. The largest absolute Gasteiger partial charge is 0.469 e. The zero-order valence-corrected chi connectivity index (χ0v) is 11.1. The van der Waals surface area contributed by atoms with Gasteiger partial charge in [-0.2, -0.15) is 0 Å².